The zero-order valence-electron chi connectivity index (χ0n) is 11.4. The molecular formula is C13H22N2O4. The molecule has 6 heteroatoms. The summed E-state index contributed by atoms with van der Waals surface area (Å²) in [4.78, 5) is 25.4. The maximum Gasteiger partial charge on any atom is 0.317 e. The quantitative estimate of drug-likeness (QED) is 0.774. The van der Waals surface area contributed by atoms with Crippen LogP contribution in [0.3, 0.4) is 0 Å². The van der Waals surface area contributed by atoms with Crippen molar-refractivity contribution in [3.05, 3.63) is 0 Å². The Kier molecular flexibility index (Phi) is 5.01. The number of hydrogen-bond acceptors (Lipinski definition) is 4. The maximum atomic E-state index is 12.2. The number of amides is 2. The highest BCUT2D eigenvalue weighted by atomic mass is 16.5. The average Bonchev–Trinajstić information content (AvgIpc) is 2.92. The fourth-order valence-corrected chi connectivity index (χ4v) is 2.66. The van der Waals surface area contributed by atoms with Crippen molar-refractivity contribution in [2.75, 3.05) is 26.9 Å². The largest absolute Gasteiger partial charge is 0.469 e. The van der Waals surface area contributed by atoms with Crippen molar-refractivity contribution in [1.82, 2.24) is 10.2 Å². The van der Waals surface area contributed by atoms with Crippen LogP contribution in [0.25, 0.3) is 0 Å². The lowest BCUT2D eigenvalue weighted by atomic mass is 10.00. The van der Waals surface area contributed by atoms with Crippen molar-refractivity contribution in [1.29, 1.82) is 0 Å². The fraction of sp³-hybridized carbons (Fsp3) is 0.846. The highest BCUT2D eigenvalue weighted by Gasteiger charge is 2.30. The molecule has 0 spiro atoms. The third kappa shape index (κ3) is 3.83. The van der Waals surface area contributed by atoms with Gasteiger partial charge in [-0.1, -0.05) is 0 Å². The lowest BCUT2D eigenvalue weighted by Crippen LogP contribution is -2.52. The van der Waals surface area contributed by atoms with Gasteiger partial charge in [0, 0.05) is 19.2 Å². The van der Waals surface area contributed by atoms with Gasteiger partial charge < -0.3 is 19.7 Å². The summed E-state index contributed by atoms with van der Waals surface area (Å²) in [7, 11) is 1.38. The second-order valence-corrected chi connectivity index (χ2v) is 5.13. The number of nitrogens with zero attached hydrogens (tertiary/aromatic N) is 1. The van der Waals surface area contributed by atoms with Gasteiger partial charge in [-0.05, 0) is 25.7 Å². The summed E-state index contributed by atoms with van der Waals surface area (Å²) in [5.74, 6) is -0.256. The Balaban J connectivity index is 1.89. The van der Waals surface area contributed by atoms with Crippen molar-refractivity contribution in [2.24, 2.45) is 0 Å². The van der Waals surface area contributed by atoms with Crippen LogP contribution in [0.1, 0.15) is 32.1 Å². The van der Waals surface area contributed by atoms with E-state index in [1.807, 2.05) is 0 Å². The molecule has 108 valence electrons. The maximum absolute atomic E-state index is 12.2. The number of hydrogen-bond donors (Lipinski definition) is 1. The van der Waals surface area contributed by atoms with Gasteiger partial charge in [-0.2, -0.15) is 0 Å². The Hall–Kier alpha value is -1.30. The molecule has 2 saturated heterocycles. The van der Waals surface area contributed by atoms with E-state index in [0.29, 0.717) is 19.8 Å². The Morgan fingerprint density at radius 3 is 2.89 bits per heavy atom. The van der Waals surface area contributed by atoms with Gasteiger partial charge in [-0.3, -0.25) is 4.79 Å². The summed E-state index contributed by atoms with van der Waals surface area (Å²) in [5, 5.41) is 2.98. The second-order valence-electron chi connectivity index (χ2n) is 5.13. The number of likely N-dealkylation sites (tertiary alicyclic amines) is 1. The van der Waals surface area contributed by atoms with E-state index in [9.17, 15) is 9.59 Å². The van der Waals surface area contributed by atoms with Crippen LogP contribution in [0, 0.1) is 0 Å². The van der Waals surface area contributed by atoms with Crippen molar-refractivity contribution in [3.63, 3.8) is 0 Å². The predicted octanol–water partition coefficient (Wildman–Crippen LogP) is 0.902. The smallest absolute Gasteiger partial charge is 0.317 e. The molecule has 0 aromatic carbocycles. The van der Waals surface area contributed by atoms with Crippen LogP contribution in [0.4, 0.5) is 4.79 Å². The van der Waals surface area contributed by atoms with Gasteiger partial charge in [0.1, 0.15) is 0 Å². The molecule has 2 aliphatic heterocycles. The van der Waals surface area contributed by atoms with E-state index in [2.05, 4.69) is 5.32 Å². The predicted molar refractivity (Wildman–Crippen MR) is 68.7 cm³/mol. The lowest BCUT2D eigenvalue weighted by Gasteiger charge is -2.35. The molecule has 0 aromatic rings. The molecule has 0 aromatic heterocycles. The van der Waals surface area contributed by atoms with Gasteiger partial charge in [0.05, 0.1) is 26.2 Å². The normalized spacial score (nSPS) is 27.1. The first-order valence-electron chi connectivity index (χ1n) is 6.92. The summed E-state index contributed by atoms with van der Waals surface area (Å²) in [6, 6.07) is -0.0131. The molecule has 0 saturated carbocycles. The Morgan fingerprint density at radius 2 is 2.21 bits per heavy atom. The molecule has 0 bridgehead atoms. The van der Waals surface area contributed by atoms with Gasteiger partial charge >= 0.3 is 12.0 Å². The molecule has 1 N–H and O–H groups in total. The van der Waals surface area contributed by atoms with Crippen molar-refractivity contribution < 1.29 is 19.1 Å². The number of rotatable bonds is 3. The molecule has 19 heavy (non-hydrogen) atoms. The third-order valence-electron chi connectivity index (χ3n) is 3.78. The van der Waals surface area contributed by atoms with E-state index in [1.54, 1.807) is 4.90 Å². The number of methoxy groups -OCH3 is 1. The molecule has 2 heterocycles. The van der Waals surface area contributed by atoms with Crippen LogP contribution in [0.5, 0.6) is 0 Å². The van der Waals surface area contributed by atoms with Crippen molar-refractivity contribution in [2.45, 2.75) is 44.2 Å². The highest BCUT2D eigenvalue weighted by Crippen LogP contribution is 2.20. The van der Waals surface area contributed by atoms with Crippen LogP contribution in [-0.4, -0.2) is 55.9 Å². The number of carbonyl (C=O) groups is 2. The van der Waals surface area contributed by atoms with Gasteiger partial charge in [-0.25, -0.2) is 4.79 Å². The van der Waals surface area contributed by atoms with E-state index in [4.69, 9.17) is 9.47 Å². The van der Waals surface area contributed by atoms with Gasteiger partial charge in [0.2, 0.25) is 0 Å². The van der Waals surface area contributed by atoms with Crippen LogP contribution in [0.2, 0.25) is 0 Å². The third-order valence-corrected chi connectivity index (χ3v) is 3.78. The van der Waals surface area contributed by atoms with Gasteiger partial charge in [0.15, 0.2) is 0 Å². The average molecular weight is 270 g/mol. The minimum atomic E-state index is -0.256. The Bertz CT molecular complexity index is 329. The summed E-state index contributed by atoms with van der Waals surface area (Å²) in [6.07, 6.45) is 4.06. The minimum Gasteiger partial charge on any atom is -0.469 e. The minimum absolute atomic E-state index is 0.0384. The fourth-order valence-electron chi connectivity index (χ4n) is 2.66. The molecule has 6 nitrogen and oxygen atoms in total. The standard InChI is InChI=1S/C13H22N2O4/c1-18-12(16)8-11-4-2-3-6-15(11)13(17)14-10-5-7-19-9-10/h10-11H,2-9H2,1H3,(H,14,17). The Labute approximate surface area is 113 Å². The molecule has 0 aliphatic carbocycles. The van der Waals surface area contributed by atoms with E-state index in [0.717, 1.165) is 25.7 Å². The molecule has 2 unspecified atom stereocenters. The van der Waals surface area contributed by atoms with E-state index >= 15 is 0 Å². The Morgan fingerprint density at radius 1 is 1.37 bits per heavy atom. The first kappa shape index (κ1) is 14.1. The summed E-state index contributed by atoms with van der Waals surface area (Å²) < 4.78 is 9.94. The number of urea groups is 1. The van der Waals surface area contributed by atoms with Gasteiger partial charge in [-0.15, -0.1) is 0 Å². The van der Waals surface area contributed by atoms with Crippen LogP contribution >= 0.6 is 0 Å². The lowest BCUT2D eigenvalue weighted by molar-refractivity contribution is -0.142. The molecule has 2 fully saturated rings. The second kappa shape index (κ2) is 6.75. The highest BCUT2D eigenvalue weighted by molar-refractivity contribution is 5.76. The summed E-state index contributed by atoms with van der Waals surface area (Å²) >= 11 is 0. The zero-order valence-corrected chi connectivity index (χ0v) is 11.4. The summed E-state index contributed by atoms with van der Waals surface area (Å²) in [6.45, 7) is 2.00. The topological polar surface area (TPSA) is 67.9 Å². The number of esters is 1. The van der Waals surface area contributed by atoms with Crippen LogP contribution in [0.15, 0.2) is 0 Å². The number of piperidine rings is 1. The summed E-state index contributed by atoms with van der Waals surface area (Å²) in [5.41, 5.74) is 0. The molecule has 2 rings (SSSR count). The van der Waals surface area contributed by atoms with Crippen molar-refractivity contribution in [3.8, 4) is 0 Å². The monoisotopic (exact) mass is 270 g/mol. The zero-order chi connectivity index (χ0) is 13.7. The van der Waals surface area contributed by atoms with E-state index in [-0.39, 0.29) is 30.5 Å². The first-order valence-corrected chi connectivity index (χ1v) is 6.92. The number of nitrogens with one attached hydrogen (secondary N) is 1. The van der Waals surface area contributed by atoms with Gasteiger partial charge in [0.25, 0.3) is 0 Å². The van der Waals surface area contributed by atoms with Crippen LogP contribution < -0.4 is 5.32 Å². The van der Waals surface area contributed by atoms with Crippen molar-refractivity contribution >= 4 is 12.0 Å². The molecule has 2 amide bonds. The number of carbonyl (C=O) groups excluding carboxylic acids is 2. The van der Waals surface area contributed by atoms with E-state index < -0.39 is 0 Å². The van der Waals surface area contributed by atoms with E-state index in [1.165, 1.54) is 7.11 Å². The molecule has 0 radical (unpaired) electrons. The molecule has 2 atom stereocenters. The molecule has 2 aliphatic rings. The van der Waals surface area contributed by atoms with Crippen LogP contribution in [-0.2, 0) is 14.3 Å². The number of ether oxygens (including phenoxy) is 2. The SMILES string of the molecule is COC(=O)CC1CCCCN1C(=O)NC1CCOC1. The first-order chi connectivity index (χ1) is 9.20. The molecular weight excluding hydrogens is 248 g/mol.